The molecular weight excluding hydrogens is 262 g/mol. The first kappa shape index (κ1) is 13.4. The van der Waals surface area contributed by atoms with Gasteiger partial charge in [0.05, 0.1) is 18.7 Å². The lowest BCUT2D eigenvalue weighted by atomic mass is 10.2. The van der Waals surface area contributed by atoms with Gasteiger partial charge < -0.3 is 9.47 Å². The predicted molar refractivity (Wildman–Crippen MR) is 83.8 cm³/mol. The molecule has 0 atom stereocenters. The Hall–Kier alpha value is -2.55. The van der Waals surface area contributed by atoms with Crippen LogP contribution in [0.5, 0.6) is 11.5 Å². The number of fused-ring (bicyclic) bond motifs is 1. The minimum Gasteiger partial charge on any atom is -0.493 e. The van der Waals surface area contributed by atoms with E-state index >= 15 is 0 Å². The Morgan fingerprint density at radius 3 is 2.43 bits per heavy atom. The van der Waals surface area contributed by atoms with Crippen LogP contribution in [0.15, 0.2) is 66.9 Å². The van der Waals surface area contributed by atoms with Crippen molar-refractivity contribution in [3.8, 4) is 11.5 Å². The van der Waals surface area contributed by atoms with Gasteiger partial charge in [0.2, 0.25) is 0 Å². The van der Waals surface area contributed by atoms with Crippen LogP contribution in [0.25, 0.3) is 10.9 Å². The molecule has 2 aromatic carbocycles. The lowest BCUT2D eigenvalue weighted by molar-refractivity contribution is 0.247. The van der Waals surface area contributed by atoms with Crippen molar-refractivity contribution in [2.24, 2.45) is 0 Å². The first-order chi connectivity index (χ1) is 10.4. The Bertz CT molecular complexity index is 698. The van der Waals surface area contributed by atoms with Crippen molar-refractivity contribution in [3.63, 3.8) is 0 Å². The molecule has 0 saturated carbocycles. The van der Waals surface area contributed by atoms with Crippen LogP contribution in [0.3, 0.4) is 0 Å². The summed E-state index contributed by atoms with van der Waals surface area (Å²) in [6.07, 6.45) is 2.64. The molecule has 1 aromatic heterocycles. The molecule has 0 saturated heterocycles. The van der Waals surface area contributed by atoms with Gasteiger partial charge in [-0.2, -0.15) is 0 Å². The van der Waals surface area contributed by atoms with Crippen molar-refractivity contribution in [1.29, 1.82) is 0 Å². The average molecular weight is 279 g/mol. The maximum atomic E-state index is 5.74. The Balaban J connectivity index is 1.46. The highest BCUT2D eigenvalue weighted by molar-refractivity contribution is 5.79. The van der Waals surface area contributed by atoms with Gasteiger partial charge >= 0.3 is 0 Å². The maximum Gasteiger partial charge on any atom is 0.120 e. The van der Waals surface area contributed by atoms with Crippen LogP contribution >= 0.6 is 0 Å². The van der Waals surface area contributed by atoms with E-state index in [1.54, 1.807) is 6.20 Å². The topological polar surface area (TPSA) is 31.4 Å². The Morgan fingerprint density at radius 1 is 0.762 bits per heavy atom. The third-order valence-corrected chi connectivity index (χ3v) is 3.14. The van der Waals surface area contributed by atoms with Crippen molar-refractivity contribution >= 4 is 10.9 Å². The minimum atomic E-state index is 0.638. The molecule has 21 heavy (non-hydrogen) atoms. The summed E-state index contributed by atoms with van der Waals surface area (Å²) in [7, 11) is 0. The minimum absolute atomic E-state index is 0.638. The molecule has 0 bridgehead atoms. The van der Waals surface area contributed by atoms with Crippen LogP contribution in [0.1, 0.15) is 6.42 Å². The summed E-state index contributed by atoms with van der Waals surface area (Å²) >= 11 is 0. The molecule has 0 aliphatic carbocycles. The Kier molecular flexibility index (Phi) is 4.32. The maximum absolute atomic E-state index is 5.74. The summed E-state index contributed by atoms with van der Waals surface area (Å²) in [6, 6.07) is 19.7. The monoisotopic (exact) mass is 279 g/mol. The predicted octanol–water partition coefficient (Wildman–Crippen LogP) is 4.08. The standard InChI is InChI=1S/C18H17NO2/c1-2-7-16(8-3-1)20-12-5-13-21-17-9-10-18-15(14-17)6-4-11-19-18/h1-4,6-11,14H,5,12-13H2. The summed E-state index contributed by atoms with van der Waals surface area (Å²) in [5.41, 5.74) is 0.984. The number of hydrogen-bond donors (Lipinski definition) is 0. The zero-order valence-corrected chi connectivity index (χ0v) is 11.7. The van der Waals surface area contributed by atoms with Gasteiger partial charge in [-0.25, -0.2) is 0 Å². The van der Waals surface area contributed by atoms with Crippen LogP contribution < -0.4 is 9.47 Å². The third-order valence-electron chi connectivity index (χ3n) is 3.14. The number of para-hydroxylation sites is 1. The number of benzene rings is 2. The first-order valence-corrected chi connectivity index (χ1v) is 7.07. The van der Waals surface area contributed by atoms with E-state index in [-0.39, 0.29) is 0 Å². The normalized spacial score (nSPS) is 10.5. The fourth-order valence-corrected chi connectivity index (χ4v) is 2.10. The second-order valence-electron chi connectivity index (χ2n) is 4.72. The van der Waals surface area contributed by atoms with Crippen LogP contribution in [0.2, 0.25) is 0 Å². The molecule has 0 N–H and O–H groups in total. The second kappa shape index (κ2) is 6.75. The lowest BCUT2D eigenvalue weighted by Gasteiger charge is -2.08. The lowest BCUT2D eigenvalue weighted by Crippen LogP contribution is -2.04. The second-order valence-corrected chi connectivity index (χ2v) is 4.72. The SMILES string of the molecule is c1ccc(OCCCOc2ccc3ncccc3c2)cc1. The molecule has 0 unspecified atom stereocenters. The zero-order valence-electron chi connectivity index (χ0n) is 11.7. The molecule has 106 valence electrons. The molecule has 0 aliphatic heterocycles. The quantitative estimate of drug-likeness (QED) is 0.637. The number of ether oxygens (including phenoxy) is 2. The van der Waals surface area contributed by atoms with Gasteiger partial charge in [-0.05, 0) is 36.4 Å². The third kappa shape index (κ3) is 3.72. The van der Waals surface area contributed by atoms with Crippen LogP contribution in [-0.2, 0) is 0 Å². The molecule has 3 aromatic rings. The summed E-state index contributed by atoms with van der Waals surface area (Å²) in [6.45, 7) is 1.29. The van der Waals surface area contributed by atoms with Gasteiger partial charge in [0, 0.05) is 18.0 Å². The van der Waals surface area contributed by atoms with E-state index in [2.05, 4.69) is 4.98 Å². The molecule has 3 heteroatoms. The zero-order chi connectivity index (χ0) is 14.3. The summed E-state index contributed by atoms with van der Waals surface area (Å²) in [5.74, 6) is 1.77. The van der Waals surface area contributed by atoms with E-state index in [0.29, 0.717) is 13.2 Å². The van der Waals surface area contributed by atoms with E-state index < -0.39 is 0 Å². The van der Waals surface area contributed by atoms with Gasteiger partial charge in [-0.1, -0.05) is 24.3 Å². The molecule has 0 aliphatic rings. The van der Waals surface area contributed by atoms with Crippen LogP contribution in [-0.4, -0.2) is 18.2 Å². The molecule has 1 heterocycles. The molecule has 0 radical (unpaired) electrons. The number of nitrogens with zero attached hydrogens (tertiary/aromatic N) is 1. The number of hydrogen-bond acceptors (Lipinski definition) is 3. The Morgan fingerprint density at radius 2 is 1.57 bits per heavy atom. The van der Waals surface area contributed by atoms with Crippen molar-refractivity contribution < 1.29 is 9.47 Å². The van der Waals surface area contributed by atoms with Gasteiger partial charge in [-0.3, -0.25) is 4.98 Å². The smallest absolute Gasteiger partial charge is 0.120 e. The summed E-state index contributed by atoms with van der Waals surface area (Å²) < 4.78 is 11.4. The van der Waals surface area contributed by atoms with Crippen molar-refractivity contribution in [2.75, 3.05) is 13.2 Å². The first-order valence-electron chi connectivity index (χ1n) is 7.07. The van der Waals surface area contributed by atoms with Crippen LogP contribution in [0, 0.1) is 0 Å². The van der Waals surface area contributed by atoms with Gasteiger partial charge in [0.1, 0.15) is 11.5 Å². The number of rotatable bonds is 6. The molecule has 3 nitrogen and oxygen atoms in total. The largest absolute Gasteiger partial charge is 0.493 e. The van der Waals surface area contributed by atoms with Gasteiger partial charge in [0.25, 0.3) is 0 Å². The number of pyridine rings is 1. The Labute approximate surface area is 124 Å². The fourth-order valence-electron chi connectivity index (χ4n) is 2.10. The highest BCUT2D eigenvalue weighted by atomic mass is 16.5. The van der Waals surface area contributed by atoms with E-state index in [1.807, 2.05) is 60.7 Å². The van der Waals surface area contributed by atoms with E-state index in [4.69, 9.17) is 9.47 Å². The summed E-state index contributed by atoms with van der Waals surface area (Å²) in [5, 5.41) is 1.09. The van der Waals surface area contributed by atoms with Crippen LogP contribution in [0.4, 0.5) is 0 Å². The van der Waals surface area contributed by atoms with Gasteiger partial charge in [0.15, 0.2) is 0 Å². The number of aromatic nitrogens is 1. The van der Waals surface area contributed by atoms with E-state index in [9.17, 15) is 0 Å². The molecule has 0 fully saturated rings. The van der Waals surface area contributed by atoms with E-state index in [0.717, 1.165) is 28.8 Å². The fraction of sp³-hybridized carbons (Fsp3) is 0.167. The van der Waals surface area contributed by atoms with Crippen molar-refractivity contribution in [3.05, 3.63) is 66.9 Å². The molecule has 3 rings (SSSR count). The highest BCUT2D eigenvalue weighted by Crippen LogP contribution is 2.19. The van der Waals surface area contributed by atoms with Gasteiger partial charge in [-0.15, -0.1) is 0 Å². The molecule has 0 spiro atoms. The molecular formula is C18H17NO2. The van der Waals surface area contributed by atoms with Crippen molar-refractivity contribution in [1.82, 2.24) is 4.98 Å². The molecule has 0 amide bonds. The van der Waals surface area contributed by atoms with Crippen molar-refractivity contribution in [2.45, 2.75) is 6.42 Å². The van der Waals surface area contributed by atoms with E-state index in [1.165, 1.54) is 0 Å². The average Bonchev–Trinajstić information content (AvgIpc) is 2.55. The highest BCUT2D eigenvalue weighted by Gasteiger charge is 1.98. The summed E-state index contributed by atoms with van der Waals surface area (Å²) in [4.78, 5) is 4.29.